The summed E-state index contributed by atoms with van der Waals surface area (Å²) in [5.41, 5.74) is 6.86. The van der Waals surface area contributed by atoms with Crippen LogP contribution in [0.25, 0.3) is 0 Å². The topological polar surface area (TPSA) is 160 Å². The molecule has 2 saturated heterocycles. The molecule has 4 amide bonds. The molecule has 6 atom stereocenters. The van der Waals surface area contributed by atoms with Gasteiger partial charge in [0.2, 0.25) is 23.6 Å². The molecule has 9 rings (SSSR count). The molecule has 0 spiro atoms. The van der Waals surface area contributed by atoms with E-state index in [1.807, 2.05) is 92.6 Å². The summed E-state index contributed by atoms with van der Waals surface area (Å²) in [6.45, 7) is 0. The van der Waals surface area contributed by atoms with Crippen LogP contribution in [0.3, 0.4) is 0 Å². The highest BCUT2D eigenvalue weighted by atomic mass is 16.5. The van der Waals surface area contributed by atoms with Gasteiger partial charge in [0.15, 0.2) is 11.5 Å². The SMILES string of the molecule is COc1cc([C@H]2C3=CC[C@@H]4C(=O)N(c5ccc(N=Nc6ccc(N(C)C)cc6)cc5)C(=O)[C@@H]4[C@@H]3C[C@H]3C(=O)N(c4ccc(N=Nc5ccc(N(C)C)cc5)cc4)C(=O)[C@@H]23)ccc1O. The molecule has 5 aromatic rings. The van der Waals surface area contributed by atoms with Gasteiger partial charge in [0.25, 0.3) is 0 Å². The predicted molar refractivity (Wildman–Crippen MR) is 240 cm³/mol. The molecule has 14 nitrogen and oxygen atoms in total. The number of phenols is 1. The number of hydrogen-bond donors (Lipinski definition) is 1. The van der Waals surface area contributed by atoms with E-state index < -0.39 is 35.5 Å². The first kappa shape index (κ1) is 40.9. The van der Waals surface area contributed by atoms with E-state index in [4.69, 9.17) is 4.74 Å². The van der Waals surface area contributed by atoms with E-state index in [2.05, 4.69) is 20.5 Å². The van der Waals surface area contributed by atoms with Crippen LogP contribution in [-0.4, -0.2) is 64.0 Å². The van der Waals surface area contributed by atoms with E-state index in [0.717, 1.165) is 16.9 Å². The van der Waals surface area contributed by atoms with Crippen molar-refractivity contribution >= 4 is 69.1 Å². The molecular weight excluding hydrogens is 797 g/mol. The molecule has 318 valence electrons. The molecular formula is C49H46N8O6. The van der Waals surface area contributed by atoms with Gasteiger partial charge in [0, 0.05) is 45.5 Å². The highest BCUT2D eigenvalue weighted by Gasteiger charge is 2.62. The molecule has 2 aliphatic carbocycles. The summed E-state index contributed by atoms with van der Waals surface area (Å²) in [5.74, 6) is -5.34. The van der Waals surface area contributed by atoms with E-state index in [9.17, 15) is 24.3 Å². The zero-order valence-electron chi connectivity index (χ0n) is 35.5. The van der Waals surface area contributed by atoms with E-state index in [1.54, 1.807) is 60.7 Å². The number of nitrogens with zero attached hydrogens (tertiary/aromatic N) is 8. The van der Waals surface area contributed by atoms with Crippen molar-refractivity contribution in [3.8, 4) is 11.5 Å². The Morgan fingerprint density at radius 2 is 1.00 bits per heavy atom. The second-order valence-electron chi connectivity index (χ2n) is 16.7. The van der Waals surface area contributed by atoms with Crippen molar-refractivity contribution in [1.82, 2.24) is 0 Å². The smallest absolute Gasteiger partial charge is 0.238 e. The van der Waals surface area contributed by atoms with Crippen LogP contribution in [0.2, 0.25) is 0 Å². The maximum atomic E-state index is 14.7. The van der Waals surface area contributed by atoms with Crippen molar-refractivity contribution in [2.45, 2.75) is 18.8 Å². The van der Waals surface area contributed by atoms with Gasteiger partial charge in [-0.3, -0.25) is 29.0 Å². The standard InChI is InChI=1S/C49H46N8O6/c1-54(2)33-15-7-29(8-16-33)50-52-31-11-19-35(20-12-31)56-46(59)38-24-23-37-39(44(38)48(56)61)27-40-45(43(37)28-6-25-41(58)42(26-28)63-5)49(62)57(47(40)60)36-21-13-32(14-22-36)53-51-30-9-17-34(18-10-30)55(3)4/h6-23,25-26,38-40,43-45,58H,24,27H2,1-5H3/t38-,39+,40+,43-,44-,45+/m0/s1. The van der Waals surface area contributed by atoms with Crippen LogP contribution in [0, 0.1) is 29.6 Å². The first-order valence-corrected chi connectivity index (χ1v) is 20.8. The molecule has 5 aromatic carbocycles. The number of fused-ring (bicyclic) bond motifs is 4. The Morgan fingerprint density at radius 1 is 0.556 bits per heavy atom. The van der Waals surface area contributed by atoms with Crippen LogP contribution in [0.15, 0.2) is 147 Å². The first-order valence-electron chi connectivity index (χ1n) is 20.8. The molecule has 0 bridgehead atoms. The summed E-state index contributed by atoms with van der Waals surface area (Å²) >= 11 is 0. The second kappa shape index (κ2) is 16.4. The van der Waals surface area contributed by atoms with Gasteiger partial charge in [0.05, 0.1) is 64.9 Å². The van der Waals surface area contributed by atoms with Crippen LogP contribution in [0.4, 0.5) is 45.5 Å². The third-order valence-corrected chi connectivity index (χ3v) is 12.7. The molecule has 0 aromatic heterocycles. The number of amides is 4. The number of carbonyl (C=O) groups is 4. The third kappa shape index (κ3) is 7.40. The van der Waals surface area contributed by atoms with E-state index in [-0.39, 0.29) is 41.5 Å². The van der Waals surface area contributed by atoms with E-state index in [0.29, 0.717) is 46.1 Å². The number of anilines is 4. The summed E-state index contributed by atoms with van der Waals surface area (Å²) in [5, 5.41) is 28.0. The zero-order chi connectivity index (χ0) is 44.1. The van der Waals surface area contributed by atoms with Crippen molar-refractivity contribution in [3.05, 3.63) is 132 Å². The average Bonchev–Trinajstić information content (AvgIpc) is 3.70. The van der Waals surface area contributed by atoms with Crippen LogP contribution < -0.4 is 24.3 Å². The lowest BCUT2D eigenvalue weighted by Gasteiger charge is -2.44. The number of imide groups is 2. The number of hydrogen-bond acceptors (Lipinski definition) is 12. The third-order valence-electron chi connectivity index (χ3n) is 12.7. The van der Waals surface area contributed by atoms with Crippen molar-refractivity contribution in [2.24, 2.45) is 50.0 Å². The lowest BCUT2D eigenvalue weighted by atomic mass is 9.57. The summed E-state index contributed by atoms with van der Waals surface area (Å²) in [4.78, 5) is 64.5. The van der Waals surface area contributed by atoms with E-state index in [1.165, 1.54) is 23.0 Å². The van der Waals surface area contributed by atoms with Gasteiger partial charge in [0.1, 0.15) is 0 Å². The summed E-state index contributed by atoms with van der Waals surface area (Å²) in [6.07, 6.45) is 2.50. The molecule has 3 fully saturated rings. The van der Waals surface area contributed by atoms with Gasteiger partial charge in [-0.15, -0.1) is 0 Å². The maximum absolute atomic E-state index is 14.7. The Morgan fingerprint density at radius 3 is 1.46 bits per heavy atom. The van der Waals surface area contributed by atoms with Gasteiger partial charge < -0.3 is 19.6 Å². The van der Waals surface area contributed by atoms with Gasteiger partial charge in [-0.05, 0) is 134 Å². The molecule has 2 heterocycles. The normalized spacial score (nSPS) is 23.0. The fraction of sp³-hybridized carbons (Fsp3) is 0.265. The molecule has 0 unspecified atom stereocenters. The quantitative estimate of drug-likeness (QED) is 0.0827. The number of benzene rings is 5. The fourth-order valence-corrected chi connectivity index (χ4v) is 9.56. The number of allylic oxidation sites excluding steroid dienone is 2. The molecule has 63 heavy (non-hydrogen) atoms. The number of aromatic hydroxyl groups is 1. The summed E-state index contributed by atoms with van der Waals surface area (Å²) < 4.78 is 5.49. The van der Waals surface area contributed by atoms with Crippen LogP contribution in [-0.2, 0) is 19.2 Å². The van der Waals surface area contributed by atoms with Gasteiger partial charge >= 0.3 is 0 Å². The minimum Gasteiger partial charge on any atom is -0.504 e. The largest absolute Gasteiger partial charge is 0.504 e. The van der Waals surface area contributed by atoms with Crippen LogP contribution >= 0.6 is 0 Å². The number of rotatable bonds is 10. The Hall–Kier alpha value is -7.48. The zero-order valence-corrected chi connectivity index (χ0v) is 35.5. The Bertz CT molecular complexity index is 2690. The first-order chi connectivity index (χ1) is 30.4. The minimum atomic E-state index is -0.800. The Kier molecular flexibility index (Phi) is 10.7. The second-order valence-corrected chi connectivity index (χ2v) is 16.7. The molecule has 1 N–H and O–H groups in total. The lowest BCUT2D eigenvalue weighted by molar-refractivity contribution is -0.126. The lowest BCUT2D eigenvalue weighted by Crippen LogP contribution is -2.43. The van der Waals surface area contributed by atoms with Gasteiger partial charge in [-0.25, -0.2) is 0 Å². The Balaban J connectivity index is 0.992. The van der Waals surface area contributed by atoms with Gasteiger partial charge in [-0.1, -0.05) is 17.7 Å². The number of azo groups is 2. The number of ether oxygens (including phenoxy) is 1. The van der Waals surface area contributed by atoms with Crippen molar-refractivity contribution in [2.75, 3.05) is 54.9 Å². The molecule has 14 heteroatoms. The van der Waals surface area contributed by atoms with E-state index >= 15 is 0 Å². The highest BCUT2D eigenvalue weighted by Crippen LogP contribution is 2.59. The number of methoxy groups -OCH3 is 1. The molecule has 1 saturated carbocycles. The average molecular weight is 843 g/mol. The van der Waals surface area contributed by atoms with Crippen molar-refractivity contribution in [1.29, 1.82) is 0 Å². The summed E-state index contributed by atoms with van der Waals surface area (Å²) in [6, 6.07) is 33.8. The summed E-state index contributed by atoms with van der Waals surface area (Å²) in [7, 11) is 9.30. The number of phenolic OH excluding ortho intramolecular Hbond substituents is 1. The van der Waals surface area contributed by atoms with Gasteiger partial charge in [-0.2, -0.15) is 20.5 Å². The maximum Gasteiger partial charge on any atom is 0.238 e. The monoisotopic (exact) mass is 842 g/mol. The van der Waals surface area contributed by atoms with Crippen LogP contribution in [0.5, 0.6) is 11.5 Å². The molecule has 4 aliphatic rings. The molecule has 0 radical (unpaired) electrons. The fourth-order valence-electron chi connectivity index (χ4n) is 9.56. The highest BCUT2D eigenvalue weighted by molar-refractivity contribution is 6.24. The molecule has 2 aliphatic heterocycles. The Labute approximate surface area is 364 Å². The van der Waals surface area contributed by atoms with Crippen molar-refractivity contribution < 1.29 is 29.0 Å². The minimum absolute atomic E-state index is 0.0699. The van der Waals surface area contributed by atoms with Crippen LogP contribution in [0.1, 0.15) is 24.3 Å². The van der Waals surface area contributed by atoms with Crippen molar-refractivity contribution in [3.63, 3.8) is 0 Å². The number of carbonyl (C=O) groups excluding carboxylic acids is 4. The predicted octanol–water partition coefficient (Wildman–Crippen LogP) is 9.41.